The predicted octanol–water partition coefficient (Wildman–Crippen LogP) is 1.44. The Morgan fingerprint density at radius 3 is 3.06 bits per heavy atom. The van der Waals surface area contributed by atoms with Gasteiger partial charge in [-0.05, 0) is 18.2 Å². The molecule has 0 aliphatic carbocycles. The standard InChI is InChI=1S/C12H14N2O2/c1-3-10-5-4-6-11(9-10)14-12(15)13-7-8-16-2/h1,4-6,9H,7-8H2,2H3,(H2,13,14,15). The summed E-state index contributed by atoms with van der Waals surface area (Å²) in [6.07, 6.45) is 5.25. The van der Waals surface area contributed by atoms with E-state index in [9.17, 15) is 4.79 Å². The van der Waals surface area contributed by atoms with Crippen molar-refractivity contribution >= 4 is 11.7 Å². The number of rotatable bonds is 4. The lowest BCUT2D eigenvalue weighted by molar-refractivity contribution is 0.198. The Labute approximate surface area is 95.0 Å². The summed E-state index contributed by atoms with van der Waals surface area (Å²) in [5, 5.41) is 5.32. The summed E-state index contributed by atoms with van der Waals surface area (Å²) in [6, 6.07) is 6.83. The molecule has 0 aliphatic rings. The molecule has 2 amide bonds. The lowest BCUT2D eigenvalue weighted by Gasteiger charge is -2.07. The number of methoxy groups -OCH3 is 1. The minimum absolute atomic E-state index is 0.272. The molecular weight excluding hydrogens is 204 g/mol. The van der Waals surface area contributed by atoms with Gasteiger partial charge in [-0.1, -0.05) is 12.0 Å². The van der Waals surface area contributed by atoms with Crippen LogP contribution >= 0.6 is 0 Å². The Balaban J connectivity index is 2.47. The summed E-state index contributed by atoms with van der Waals surface area (Å²) in [5.41, 5.74) is 1.40. The van der Waals surface area contributed by atoms with Crippen LogP contribution in [-0.2, 0) is 4.74 Å². The first-order chi connectivity index (χ1) is 7.76. The molecule has 0 radical (unpaired) electrons. The van der Waals surface area contributed by atoms with Crippen LogP contribution in [0.3, 0.4) is 0 Å². The number of terminal acetylenes is 1. The summed E-state index contributed by atoms with van der Waals surface area (Å²) < 4.78 is 4.81. The smallest absolute Gasteiger partial charge is 0.319 e. The number of nitrogens with one attached hydrogen (secondary N) is 2. The topological polar surface area (TPSA) is 50.4 Å². The molecule has 0 heterocycles. The zero-order valence-corrected chi connectivity index (χ0v) is 9.12. The summed E-state index contributed by atoms with van der Waals surface area (Å²) in [7, 11) is 1.58. The van der Waals surface area contributed by atoms with Gasteiger partial charge < -0.3 is 15.4 Å². The third-order valence-electron chi connectivity index (χ3n) is 1.88. The highest BCUT2D eigenvalue weighted by Gasteiger charge is 2.00. The zero-order valence-electron chi connectivity index (χ0n) is 9.12. The van der Waals surface area contributed by atoms with Gasteiger partial charge in [-0.25, -0.2) is 4.79 Å². The summed E-state index contributed by atoms with van der Waals surface area (Å²) in [5.74, 6) is 2.50. The molecule has 0 unspecified atom stereocenters. The van der Waals surface area contributed by atoms with Crippen LogP contribution < -0.4 is 10.6 Å². The van der Waals surface area contributed by atoms with Gasteiger partial charge in [-0.15, -0.1) is 6.42 Å². The first-order valence-electron chi connectivity index (χ1n) is 4.86. The van der Waals surface area contributed by atoms with Crippen LogP contribution in [0.15, 0.2) is 24.3 Å². The lowest BCUT2D eigenvalue weighted by Crippen LogP contribution is -2.31. The van der Waals surface area contributed by atoms with Gasteiger partial charge in [0.2, 0.25) is 0 Å². The minimum atomic E-state index is -0.272. The van der Waals surface area contributed by atoms with Crippen molar-refractivity contribution in [3.8, 4) is 12.3 Å². The SMILES string of the molecule is C#Cc1cccc(NC(=O)NCCOC)c1. The monoisotopic (exact) mass is 218 g/mol. The molecule has 0 spiro atoms. The van der Waals surface area contributed by atoms with Gasteiger partial charge in [0.05, 0.1) is 6.61 Å². The van der Waals surface area contributed by atoms with E-state index in [0.29, 0.717) is 18.8 Å². The third-order valence-corrected chi connectivity index (χ3v) is 1.88. The Hall–Kier alpha value is -1.99. The second-order valence-electron chi connectivity index (χ2n) is 3.10. The summed E-state index contributed by atoms with van der Waals surface area (Å²) in [6.45, 7) is 0.953. The van der Waals surface area contributed by atoms with E-state index < -0.39 is 0 Å². The molecular formula is C12H14N2O2. The highest BCUT2D eigenvalue weighted by Crippen LogP contribution is 2.09. The van der Waals surface area contributed by atoms with Gasteiger partial charge in [-0.2, -0.15) is 0 Å². The molecule has 0 fully saturated rings. The van der Waals surface area contributed by atoms with Crippen LogP contribution in [-0.4, -0.2) is 26.3 Å². The molecule has 1 aromatic carbocycles. The Bertz CT molecular complexity index is 396. The van der Waals surface area contributed by atoms with Gasteiger partial charge in [0, 0.05) is 24.9 Å². The molecule has 0 bridgehead atoms. The number of anilines is 1. The van der Waals surface area contributed by atoms with Crippen molar-refractivity contribution in [1.82, 2.24) is 5.32 Å². The van der Waals surface area contributed by atoms with Crippen molar-refractivity contribution < 1.29 is 9.53 Å². The number of carbonyl (C=O) groups is 1. The fraction of sp³-hybridized carbons (Fsp3) is 0.250. The average Bonchev–Trinajstić information content (AvgIpc) is 2.29. The minimum Gasteiger partial charge on any atom is -0.383 e. The molecule has 0 aliphatic heterocycles. The van der Waals surface area contributed by atoms with Gasteiger partial charge in [-0.3, -0.25) is 0 Å². The maximum Gasteiger partial charge on any atom is 0.319 e. The number of carbonyl (C=O) groups excluding carboxylic acids is 1. The number of ether oxygens (including phenoxy) is 1. The van der Waals surface area contributed by atoms with E-state index in [1.807, 2.05) is 0 Å². The molecule has 0 aromatic heterocycles. The molecule has 0 saturated heterocycles. The second-order valence-corrected chi connectivity index (χ2v) is 3.10. The van der Waals surface area contributed by atoms with E-state index in [2.05, 4.69) is 16.6 Å². The Kier molecular flexibility index (Phi) is 4.90. The number of benzene rings is 1. The highest BCUT2D eigenvalue weighted by molar-refractivity contribution is 5.89. The van der Waals surface area contributed by atoms with E-state index in [-0.39, 0.29) is 6.03 Å². The molecule has 1 aromatic rings. The summed E-state index contributed by atoms with van der Waals surface area (Å²) >= 11 is 0. The number of amides is 2. The zero-order chi connectivity index (χ0) is 11.8. The normalized spacial score (nSPS) is 9.25. The van der Waals surface area contributed by atoms with Crippen molar-refractivity contribution in [2.45, 2.75) is 0 Å². The van der Waals surface area contributed by atoms with Crippen molar-refractivity contribution in [2.75, 3.05) is 25.6 Å². The maximum atomic E-state index is 11.4. The predicted molar refractivity (Wildman–Crippen MR) is 63.3 cm³/mol. The molecule has 0 atom stereocenters. The molecule has 4 heteroatoms. The average molecular weight is 218 g/mol. The Morgan fingerprint density at radius 1 is 1.56 bits per heavy atom. The molecule has 1 rings (SSSR count). The van der Waals surface area contributed by atoms with Gasteiger partial charge in [0.1, 0.15) is 0 Å². The van der Waals surface area contributed by atoms with E-state index >= 15 is 0 Å². The fourth-order valence-electron chi connectivity index (χ4n) is 1.13. The lowest BCUT2D eigenvalue weighted by atomic mass is 10.2. The third kappa shape index (κ3) is 4.03. The number of urea groups is 1. The van der Waals surface area contributed by atoms with Crippen LogP contribution in [0.2, 0.25) is 0 Å². The van der Waals surface area contributed by atoms with Crippen LogP contribution in [0.4, 0.5) is 10.5 Å². The van der Waals surface area contributed by atoms with E-state index in [1.54, 1.807) is 31.4 Å². The van der Waals surface area contributed by atoms with Gasteiger partial charge >= 0.3 is 6.03 Å². The Morgan fingerprint density at radius 2 is 2.38 bits per heavy atom. The first-order valence-corrected chi connectivity index (χ1v) is 4.86. The highest BCUT2D eigenvalue weighted by atomic mass is 16.5. The van der Waals surface area contributed by atoms with Crippen molar-refractivity contribution in [3.63, 3.8) is 0 Å². The molecule has 2 N–H and O–H groups in total. The fourth-order valence-corrected chi connectivity index (χ4v) is 1.13. The van der Waals surface area contributed by atoms with Crippen molar-refractivity contribution in [2.24, 2.45) is 0 Å². The maximum absolute atomic E-state index is 11.4. The molecule has 16 heavy (non-hydrogen) atoms. The van der Waals surface area contributed by atoms with Gasteiger partial charge in [0.25, 0.3) is 0 Å². The molecule has 4 nitrogen and oxygen atoms in total. The number of hydrogen-bond donors (Lipinski definition) is 2. The van der Waals surface area contributed by atoms with Crippen LogP contribution in [0, 0.1) is 12.3 Å². The van der Waals surface area contributed by atoms with Crippen molar-refractivity contribution in [3.05, 3.63) is 29.8 Å². The van der Waals surface area contributed by atoms with Gasteiger partial charge in [0.15, 0.2) is 0 Å². The molecule has 84 valence electrons. The van der Waals surface area contributed by atoms with Crippen LogP contribution in [0.1, 0.15) is 5.56 Å². The first kappa shape index (κ1) is 12.1. The van der Waals surface area contributed by atoms with E-state index in [4.69, 9.17) is 11.2 Å². The number of hydrogen-bond acceptors (Lipinski definition) is 2. The second kappa shape index (κ2) is 6.49. The van der Waals surface area contributed by atoms with Crippen molar-refractivity contribution in [1.29, 1.82) is 0 Å². The largest absolute Gasteiger partial charge is 0.383 e. The van der Waals surface area contributed by atoms with Crippen LogP contribution in [0.25, 0.3) is 0 Å². The quantitative estimate of drug-likeness (QED) is 0.593. The summed E-state index contributed by atoms with van der Waals surface area (Å²) in [4.78, 5) is 11.4. The van der Waals surface area contributed by atoms with Crippen LogP contribution in [0.5, 0.6) is 0 Å². The van der Waals surface area contributed by atoms with E-state index in [1.165, 1.54) is 0 Å². The van der Waals surface area contributed by atoms with E-state index in [0.717, 1.165) is 5.56 Å². The molecule has 0 saturated carbocycles.